The molecule has 1 saturated heterocycles. The maximum Gasteiger partial charge on any atom is 0.264 e. The summed E-state index contributed by atoms with van der Waals surface area (Å²) in [7, 11) is -3.57. The van der Waals surface area contributed by atoms with Crippen LogP contribution in [0.5, 0.6) is 0 Å². The van der Waals surface area contributed by atoms with Crippen LogP contribution in [0, 0.1) is 26.7 Å². The Bertz CT molecular complexity index is 1340. The maximum atomic E-state index is 13.5. The zero-order valence-corrected chi connectivity index (χ0v) is 21.4. The normalized spacial score (nSPS) is 19.0. The standard InChI is InChI=1S/C25H30N4O3S2/c1-15-6-10-20(11-7-15)34(31,32)26-13-18-5-4-12-29(14-18)25(30)22-16(2)21-17(3)27-23(19-8-9-19)28-24(21)33-22/h6-7,10-11,18-19,26H,4-5,8-9,12-14H2,1-3H3. The van der Waals surface area contributed by atoms with E-state index in [2.05, 4.69) is 4.72 Å². The molecule has 0 bridgehead atoms. The van der Waals surface area contributed by atoms with Crippen molar-refractivity contribution in [3.05, 3.63) is 51.8 Å². The predicted molar refractivity (Wildman–Crippen MR) is 134 cm³/mol. The van der Waals surface area contributed by atoms with Crippen molar-refractivity contribution in [2.45, 2.75) is 57.3 Å². The van der Waals surface area contributed by atoms with Crippen molar-refractivity contribution in [1.29, 1.82) is 0 Å². The van der Waals surface area contributed by atoms with Gasteiger partial charge in [-0.1, -0.05) is 17.7 Å². The minimum atomic E-state index is -3.57. The molecule has 1 aromatic carbocycles. The molecule has 1 unspecified atom stereocenters. The second-order valence-electron chi connectivity index (χ2n) is 9.60. The van der Waals surface area contributed by atoms with Crippen LogP contribution < -0.4 is 4.72 Å². The SMILES string of the molecule is Cc1ccc(S(=O)(=O)NCC2CCCN(C(=O)c3sc4nc(C5CC5)nc(C)c4c3C)C2)cc1. The van der Waals surface area contributed by atoms with Crippen LogP contribution in [0.2, 0.25) is 0 Å². The van der Waals surface area contributed by atoms with E-state index in [1.807, 2.05) is 25.7 Å². The van der Waals surface area contributed by atoms with Crippen LogP contribution in [0.15, 0.2) is 29.2 Å². The van der Waals surface area contributed by atoms with Gasteiger partial charge in [0.05, 0.1) is 15.5 Å². The van der Waals surface area contributed by atoms with Gasteiger partial charge < -0.3 is 4.90 Å². The highest BCUT2D eigenvalue weighted by molar-refractivity contribution is 7.89. The van der Waals surface area contributed by atoms with Gasteiger partial charge in [0.2, 0.25) is 10.0 Å². The van der Waals surface area contributed by atoms with Gasteiger partial charge in [-0.3, -0.25) is 4.79 Å². The van der Waals surface area contributed by atoms with Gasteiger partial charge in [0.25, 0.3) is 5.91 Å². The molecule has 2 fully saturated rings. The molecule has 34 heavy (non-hydrogen) atoms. The molecule has 1 aliphatic carbocycles. The third kappa shape index (κ3) is 4.61. The minimum Gasteiger partial charge on any atom is -0.338 e. The van der Waals surface area contributed by atoms with Crippen molar-refractivity contribution in [2.24, 2.45) is 5.92 Å². The molecule has 0 radical (unpaired) electrons. The first-order valence-corrected chi connectivity index (χ1v) is 14.2. The summed E-state index contributed by atoms with van der Waals surface area (Å²) >= 11 is 1.46. The zero-order valence-electron chi connectivity index (χ0n) is 19.8. The Balaban J connectivity index is 1.29. The smallest absolute Gasteiger partial charge is 0.264 e. The largest absolute Gasteiger partial charge is 0.338 e. The molecular weight excluding hydrogens is 468 g/mol. The van der Waals surface area contributed by atoms with E-state index in [0.29, 0.717) is 25.6 Å². The van der Waals surface area contributed by atoms with Crippen molar-refractivity contribution >= 4 is 37.5 Å². The van der Waals surface area contributed by atoms with Gasteiger partial charge >= 0.3 is 0 Å². The summed E-state index contributed by atoms with van der Waals surface area (Å²) in [5.74, 6) is 1.47. The summed E-state index contributed by atoms with van der Waals surface area (Å²) in [5, 5.41) is 0.997. The van der Waals surface area contributed by atoms with Crippen LogP contribution in [0.4, 0.5) is 0 Å². The van der Waals surface area contributed by atoms with E-state index in [1.54, 1.807) is 24.3 Å². The summed E-state index contributed by atoms with van der Waals surface area (Å²) in [6.45, 7) is 7.46. The first-order valence-electron chi connectivity index (χ1n) is 11.9. The highest BCUT2D eigenvalue weighted by Gasteiger charge is 2.31. The molecule has 1 amide bonds. The number of hydrogen-bond acceptors (Lipinski definition) is 6. The monoisotopic (exact) mass is 498 g/mol. The number of sulfonamides is 1. The average molecular weight is 499 g/mol. The predicted octanol–water partition coefficient (Wildman–Crippen LogP) is 4.32. The summed E-state index contributed by atoms with van der Waals surface area (Å²) < 4.78 is 28.1. The van der Waals surface area contributed by atoms with E-state index in [9.17, 15) is 13.2 Å². The summed E-state index contributed by atoms with van der Waals surface area (Å²) in [5.41, 5.74) is 2.91. The number of amides is 1. The number of thiophene rings is 1. The Morgan fingerprint density at radius 3 is 2.56 bits per heavy atom. The first-order chi connectivity index (χ1) is 16.2. The first kappa shape index (κ1) is 23.4. The molecule has 3 aromatic rings. The van der Waals surface area contributed by atoms with E-state index in [1.165, 1.54) is 11.3 Å². The molecule has 180 valence electrons. The topological polar surface area (TPSA) is 92.3 Å². The Hall–Kier alpha value is -2.36. The van der Waals surface area contributed by atoms with Gasteiger partial charge in [-0.15, -0.1) is 11.3 Å². The third-order valence-electron chi connectivity index (χ3n) is 6.82. The number of fused-ring (bicyclic) bond motifs is 1. The molecule has 5 rings (SSSR count). The average Bonchev–Trinajstić information content (AvgIpc) is 3.61. The second-order valence-corrected chi connectivity index (χ2v) is 12.4. The molecule has 1 N–H and O–H groups in total. The van der Waals surface area contributed by atoms with Crippen molar-refractivity contribution in [3.8, 4) is 0 Å². The van der Waals surface area contributed by atoms with Crippen LogP contribution in [0.3, 0.4) is 0 Å². The van der Waals surface area contributed by atoms with E-state index < -0.39 is 10.0 Å². The second kappa shape index (κ2) is 9.02. The number of piperidine rings is 1. The van der Waals surface area contributed by atoms with Gasteiger partial charge in [0.1, 0.15) is 10.7 Å². The van der Waals surface area contributed by atoms with Crippen molar-refractivity contribution in [2.75, 3.05) is 19.6 Å². The summed E-state index contributed by atoms with van der Waals surface area (Å²) in [6.07, 6.45) is 4.03. The van der Waals surface area contributed by atoms with Crippen LogP contribution in [-0.2, 0) is 10.0 Å². The van der Waals surface area contributed by atoms with Crippen molar-refractivity contribution < 1.29 is 13.2 Å². The molecule has 9 heteroatoms. The van der Waals surface area contributed by atoms with E-state index in [0.717, 1.165) is 63.4 Å². The fraction of sp³-hybridized carbons (Fsp3) is 0.480. The lowest BCUT2D eigenvalue weighted by Gasteiger charge is -2.32. The number of nitrogens with zero attached hydrogens (tertiary/aromatic N) is 3. The van der Waals surface area contributed by atoms with Gasteiger partial charge in [-0.05, 0) is 70.1 Å². The Morgan fingerprint density at radius 2 is 1.85 bits per heavy atom. The zero-order chi connectivity index (χ0) is 24.0. The lowest BCUT2D eigenvalue weighted by Crippen LogP contribution is -2.43. The molecule has 1 aliphatic heterocycles. The lowest BCUT2D eigenvalue weighted by molar-refractivity contribution is 0.0681. The molecule has 1 atom stereocenters. The molecular formula is C25H30N4O3S2. The Kier molecular flexibility index (Phi) is 6.20. The van der Waals surface area contributed by atoms with Crippen LogP contribution in [-0.4, -0.2) is 48.8 Å². The fourth-order valence-electron chi connectivity index (χ4n) is 4.68. The third-order valence-corrected chi connectivity index (χ3v) is 9.44. The van der Waals surface area contributed by atoms with Gasteiger partial charge in [0.15, 0.2) is 0 Å². The Labute approximate surface area is 204 Å². The number of aryl methyl sites for hydroxylation is 3. The van der Waals surface area contributed by atoms with E-state index in [-0.39, 0.29) is 16.7 Å². The number of likely N-dealkylation sites (tertiary alicyclic amines) is 1. The van der Waals surface area contributed by atoms with E-state index in [4.69, 9.17) is 9.97 Å². The summed E-state index contributed by atoms with van der Waals surface area (Å²) in [6, 6.07) is 6.83. The molecule has 7 nitrogen and oxygen atoms in total. The van der Waals surface area contributed by atoms with E-state index >= 15 is 0 Å². The lowest BCUT2D eigenvalue weighted by atomic mass is 9.98. The van der Waals surface area contributed by atoms with Crippen molar-refractivity contribution in [1.82, 2.24) is 19.6 Å². The molecule has 0 spiro atoms. The number of carbonyl (C=O) groups is 1. The molecule has 2 aliphatic rings. The Morgan fingerprint density at radius 1 is 1.12 bits per heavy atom. The molecule has 1 saturated carbocycles. The number of rotatable bonds is 6. The van der Waals surface area contributed by atoms with Gasteiger partial charge in [-0.2, -0.15) is 0 Å². The number of hydrogen-bond donors (Lipinski definition) is 1. The molecule has 2 aromatic heterocycles. The maximum absolute atomic E-state index is 13.5. The van der Waals surface area contributed by atoms with Crippen LogP contribution >= 0.6 is 11.3 Å². The van der Waals surface area contributed by atoms with Gasteiger partial charge in [-0.25, -0.2) is 23.1 Å². The van der Waals surface area contributed by atoms with Gasteiger partial charge in [0, 0.05) is 30.9 Å². The van der Waals surface area contributed by atoms with Crippen LogP contribution in [0.25, 0.3) is 10.2 Å². The number of nitrogens with one attached hydrogen (secondary N) is 1. The van der Waals surface area contributed by atoms with Crippen molar-refractivity contribution in [3.63, 3.8) is 0 Å². The molecule has 3 heterocycles. The highest BCUT2D eigenvalue weighted by atomic mass is 32.2. The quantitative estimate of drug-likeness (QED) is 0.546. The highest BCUT2D eigenvalue weighted by Crippen LogP contribution is 2.40. The number of carbonyl (C=O) groups excluding carboxylic acids is 1. The number of aromatic nitrogens is 2. The van der Waals surface area contributed by atoms with Crippen LogP contribution in [0.1, 0.15) is 63.9 Å². The summed E-state index contributed by atoms with van der Waals surface area (Å²) in [4.78, 5) is 26.7. The number of benzene rings is 1. The minimum absolute atomic E-state index is 0.0129. The fourth-order valence-corrected chi connectivity index (χ4v) is 7.00.